The topological polar surface area (TPSA) is 48.0 Å². The summed E-state index contributed by atoms with van der Waals surface area (Å²) in [6, 6.07) is 2.10. The van der Waals surface area contributed by atoms with Gasteiger partial charge in [-0.2, -0.15) is 0 Å². The third kappa shape index (κ3) is 2.52. The van der Waals surface area contributed by atoms with Crippen LogP contribution in [-0.2, 0) is 6.30 Å². The summed E-state index contributed by atoms with van der Waals surface area (Å²) < 4.78 is 38.7. The molecule has 1 heterocycles. The molecule has 1 aliphatic carbocycles. The molecule has 2 N–H and O–H groups in total. The maximum Gasteiger partial charge on any atom is 0.491 e. The fourth-order valence-corrected chi connectivity index (χ4v) is 2.58. The second-order valence-corrected chi connectivity index (χ2v) is 4.69. The molecule has 1 fully saturated rings. The van der Waals surface area contributed by atoms with Crippen LogP contribution in [0.5, 0.6) is 0 Å². The Balaban J connectivity index is 2.53. The van der Waals surface area contributed by atoms with E-state index in [4.69, 9.17) is 5.73 Å². The summed E-state index contributed by atoms with van der Waals surface area (Å²) in [5.74, 6) is -0.225. The summed E-state index contributed by atoms with van der Waals surface area (Å²) in [6.07, 6.45) is -0.498. The molecular formula is C12H15F3N2O. The van der Waals surface area contributed by atoms with Crippen LogP contribution in [-0.4, -0.2) is 4.57 Å². The Morgan fingerprint density at radius 1 is 1.17 bits per heavy atom. The normalized spacial score (nSPS) is 17.9. The summed E-state index contributed by atoms with van der Waals surface area (Å²) >= 11 is 0. The maximum atomic E-state index is 12.9. The van der Waals surface area contributed by atoms with Crippen molar-refractivity contribution in [3.8, 4) is 0 Å². The highest BCUT2D eigenvalue weighted by molar-refractivity contribution is 5.39. The molecule has 1 aromatic rings. The quantitative estimate of drug-likeness (QED) is 0.843. The van der Waals surface area contributed by atoms with E-state index < -0.39 is 11.9 Å². The summed E-state index contributed by atoms with van der Waals surface area (Å²) in [4.78, 5) is 11.5. The average molecular weight is 260 g/mol. The van der Waals surface area contributed by atoms with Gasteiger partial charge in [0.15, 0.2) is 0 Å². The molecule has 0 unspecified atom stereocenters. The van der Waals surface area contributed by atoms with Gasteiger partial charge < -0.3 is 5.73 Å². The second-order valence-electron chi connectivity index (χ2n) is 4.69. The summed E-state index contributed by atoms with van der Waals surface area (Å²) in [5.41, 5.74) is 4.51. The molecule has 1 aromatic heterocycles. The zero-order valence-corrected chi connectivity index (χ0v) is 9.83. The van der Waals surface area contributed by atoms with Crippen molar-refractivity contribution < 1.29 is 13.2 Å². The molecule has 18 heavy (non-hydrogen) atoms. The Kier molecular flexibility index (Phi) is 3.36. The van der Waals surface area contributed by atoms with E-state index in [1.165, 1.54) is 6.07 Å². The third-order valence-electron chi connectivity index (χ3n) is 3.36. The number of alkyl halides is 3. The first kappa shape index (κ1) is 13.0. The van der Waals surface area contributed by atoms with Gasteiger partial charge in [-0.25, -0.2) is 4.57 Å². The van der Waals surface area contributed by atoms with Crippen LogP contribution in [0.15, 0.2) is 16.9 Å². The Bertz CT molecular complexity index is 487. The highest BCUT2D eigenvalue weighted by atomic mass is 19.4. The van der Waals surface area contributed by atoms with Gasteiger partial charge in [0.1, 0.15) is 0 Å². The molecule has 0 atom stereocenters. The van der Waals surface area contributed by atoms with Crippen LogP contribution in [0.2, 0.25) is 0 Å². The minimum Gasteiger partial charge on any atom is -0.399 e. The number of nitrogens with zero attached hydrogens (tertiary/aromatic N) is 1. The number of anilines is 1. The number of pyridine rings is 1. The molecule has 0 radical (unpaired) electrons. The zero-order valence-electron chi connectivity index (χ0n) is 9.83. The largest absolute Gasteiger partial charge is 0.491 e. The van der Waals surface area contributed by atoms with Crippen LogP contribution in [0.4, 0.5) is 18.9 Å². The first-order valence-electron chi connectivity index (χ1n) is 5.99. The monoisotopic (exact) mass is 260 g/mol. The Morgan fingerprint density at radius 3 is 2.33 bits per heavy atom. The summed E-state index contributed by atoms with van der Waals surface area (Å²) in [5, 5.41) is 0. The molecule has 0 spiro atoms. The van der Waals surface area contributed by atoms with Crippen molar-refractivity contribution in [2.75, 3.05) is 5.73 Å². The fraction of sp³-hybridized carbons (Fsp3) is 0.583. The van der Waals surface area contributed by atoms with Gasteiger partial charge >= 0.3 is 6.30 Å². The van der Waals surface area contributed by atoms with Crippen LogP contribution in [0.25, 0.3) is 0 Å². The van der Waals surface area contributed by atoms with Gasteiger partial charge in [-0.05, 0) is 24.8 Å². The van der Waals surface area contributed by atoms with E-state index in [1.54, 1.807) is 0 Å². The summed E-state index contributed by atoms with van der Waals surface area (Å²) in [7, 11) is 0. The molecule has 0 bridgehead atoms. The van der Waals surface area contributed by atoms with Crippen LogP contribution in [0.3, 0.4) is 0 Å². The van der Waals surface area contributed by atoms with E-state index >= 15 is 0 Å². The lowest BCUT2D eigenvalue weighted by Gasteiger charge is -2.26. The first-order chi connectivity index (χ1) is 8.39. The molecule has 0 aliphatic heterocycles. The van der Waals surface area contributed by atoms with Gasteiger partial charge in [0.2, 0.25) is 0 Å². The molecule has 100 valence electrons. The third-order valence-corrected chi connectivity index (χ3v) is 3.36. The number of hydrogen-bond acceptors (Lipinski definition) is 2. The number of nitrogen functional groups attached to an aromatic ring is 1. The van der Waals surface area contributed by atoms with Gasteiger partial charge in [-0.1, -0.05) is 19.3 Å². The lowest BCUT2D eigenvalue weighted by Crippen LogP contribution is -2.34. The van der Waals surface area contributed by atoms with E-state index in [0.717, 1.165) is 25.3 Å². The SMILES string of the molecule is Nc1cc(C2CCCCC2)n(C(F)(F)F)c(=O)c1. The van der Waals surface area contributed by atoms with E-state index in [1.807, 2.05) is 0 Å². The van der Waals surface area contributed by atoms with Gasteiger partial charge in [-0.15, -0.1) is 13.2 Å². The summed E-state index contributed by atoms with van der Waals surface area (Å²) in [6.45, 7) is 0. The maximum absolute atomic E-state index is 12.9. The van der Waals surface area contributed by atoms with Crippen LogP contribution in [0, 0.1) is 0 Å². The van der Waals surface area contributed by atoms with Crippen molar-refractivity contribution in [2.24, 2.45) is 0 Å². The van der Waals surface area contributed by atoms with Gasteiger partial charge in [-0.3, -0.25) is 4.79 Å². The molecule has 1 aliphatic rings. The van der Waals surface area contributed by atoms with Crippen LogP contribution in [0.1, 0.15) is 43.7 Å². The molecule has 2 rings (SSSR count). The molecule has 6 heteroatoms. The number of rotatable bonds is 1. The Hall–Kier alpha value is -1.46. The molecule has 0 amide bonds. The average Bonchev–Trinajstić information content (AvgIpc) is 2.27. The second kappa shape index (κ2) is 4.66. The van der Waals surface area contributed by atoms with Crippen molar-refractivity contribution >= 4 is 5.69 Å². The van der Waals surface area contributed by atoms with Gasteiger partial charge in [0.05, 0.1) is 0 Å². The predicted molar refractivity (Wildman–Crippen MR) is 62.2 cm³/mol. The molecule has 0 aromatic carbocycles. The molecule has 1 saturated carbocycles. The van der Waals surface area contributed by atoms with E-state index in [9.17, 15) is 18.0 Å². The van der Waals surface area contributed by atoms with Crippen molar-refractivity contribution in [3.63, 3.8) is 0 Å². The highest BCUT2D eigenvalue weighted by Crippen LogP contribution is 2.35. The van der Waals surface area contributed by atoms with Crippen molar-refractivity contribution in [1.82, 2.24) is 4.57 Å². The predicted octanol–water partition coefficient (Wildman–Crippen LogP) is 2.95. The smallest absolute Gasteiger partial charge is 0.399 e. The zero-order chi connectivity index (χ0) is 13.3. The van der Waals surface area contributed by atoms with Crippen LogP contribution < -0.4 is 11.3 Å². The lowest BCUT2D eigenvalue weighted by atomic mass is 9.86. The number of hydrogen-bond donors (Lipinski definition) is 1. The van der Waals surface area contributed by atoms with E-state index in [2.05, 4.69) is 0 Å². The fourth-order valence-electron chi connectivity index (χ4n) is 2.58. The highest BCUT2D eigenvalue weighted by Gasteiger charge is 2.36. The van der Waals surface area contributed by atoms with Gasteiger partial charge in [0.25, 0.3) is 5.56 Å². The Morgan fingerprint density at radius 2 is 1.78 bits per heavy atom. The number of halogens is 3. The standard InChI is InChI=1S/C12H15F3N2O/c13-12(14,15)17-10(6-9(16)7-11(17)18)8-4-2-1-3-5-8/h6-8H,1-5,16H2. The van der Waals surface area contributed by atoms with Crippen molar-refractivity contribution in [3.05, 3.63) is 28.2 Å². The molecule has 0 saturated heterocycles. The number of nitrogens with two attached hydrogens (primary N) is 1. The molecule has 3 nitrogen and oxygen atoms in total. The minimum atomic E-state index is -4.68. The van der Waals surface area contributed by atoms with Crippen molar-refractivity contribution in [2.45, 2.75) is 44.3 Å². The first-order valence-corrected chi connectivity index (χ1v) is 5.99. The number of aromatic nitrogens is 1. The van der Waals surface area contributed by atoms with E-state index in [0.29, 0.717) is 12.8 Å². The Labute approximate surface area is 102 Å². The lowest BCUT2D eigenvalue weighted by molar-refractivity contribution is -0.208. The van der Waals surface area contributed by atoms with Gasteiger partial charge in [0, 0.05) is 17.4 Å². The van der Waals surface area contributed by atoms with Crippen LogP contribution >= 0.6 is 0 Å². The minimum absolute atomic E-state index is 0.00667. The van der Waals surface area contributed by atoms with Crippen molar-refractivity contribution in [1.29, 1.82) is 0 Å². The van der Waals surface area contributed by atoms with E-state index in [-0.39, 0.29) is 21.9 Å². The molecular weight excluding hydrogens is 245 g/mol.